The first-order chi connectivity index (χ1) is 15.3. The molecule has 0 spiro atoms. The average Bonchev–Trinajstić information content (AvgIpc) is 3.25. The zero-order chi connectivity index (χ0) is 23.0. The van der Waals surface area contributed by atoms with Crippen LogP contribution in [0.15, 0.2) is 42.5 Å². The molecular weight excluding hydrogens is 459 g/mol. The average molecular weight is 479 g/mol. The minimum atomic E-state index is -1.85. The Bertz CT molecular complexity index is 1250. The summed E-state index contributed by atoms with van der Waals surface area (Å²) in [7, 11) is 0. The SMILES string of the molecule is OC[C@@H](O)[C@H](O)[C@H](O)C(O)c1nnc2c(Cc3ccccc3)nc3cc(Cl)c(Cl)cc3n12. The van der Waals surface area contributed by atoms with E-state index in [1.54, 1.807) is 6.07 Å². The molecule has 4 atom stereocenters. The third-order valence-electron chi connectivity index (χ3n) is 5.19. The highest BCUT2D eigenvalue weighted by Crippen LogP contribution is 2.31. The van der Waals surface area contributed by atoms with Gasteiger partial charge in [-0.05, 0) is 17.7 Å². The van der Waals surface area contributed by atoms with E-state index in [0.29, 0.717) is 28.8 Å². The van der Waals surface area contributed by atoms with E-state index in [2.05, 4.69) is 15.2 Å². The molecule has 0 aliphatic rings. The maximum atomic E-state index is 10.7. The molecule has 0 aliphatic heterocycles. The molecule has 11 heteroatoms. The monoisotopic (exact) mass is 478 g/mol. The molecular formula is C21H20Cl2N4O5. The fraction of sp³-hybridized carbons (Fsp3) is 0.286. The molecule has 1 unspecified atom stereocenters. The van der Waals surface area contributed by atoms with Gasteiger partial charge in [0, 0.05) is 6.42 Å². The predicted octanol–water partition coefficient (Wildman–Crippen LogP) is 1.28. The highest BCUT2D eigenvalue weighted by atomic mass is 35.5. The number of halogens is 2. The molecule has 0 fully saturated rings. The maximum Gasteiger partial charge on any atom is 0.183 e. The number of aliphatic hydroxyl groups is 5. The predicted molar refractivity (Wildman–Crippen MR) is 118 cm³/mol. The Kier molecular flexibility index (Phi) is 6.59. The van der Waals surface area contributed by atoms with Crippen LogP contribution in [0.25, 0.3) is 16.7 Å². The molecule has 0 saturated heterocycles. The van der Waals surface area contributed by atoms with Crippen molar-refractivity contribution in [3.05, 3.63) is 69.6 Å². The molecule has 0 amide bonds. The number of rotatable bonds is 7. The quantitative estimate of drug-likeness (QED) is 0.267. The lowest BCUT2D eigenvalue weighted by Crippen LogP contribution is -2.43. The van der Waals surface area contributed by atoms with Crippen LogP contribution in [0.4, 0.5) is 0 Å². The lowest BCUT2D eigenvalue weighted by molar-refractivity contribution is -0.118. The van der Waals surface area contributed by atoms with E-state index in [-0.39, 0.29) is 15.9 Å². The Morgan fingerprint density at radius 3 is 2.28 bits per heavy atom. The molecule has 4 rings (SSSR count). The van der Waals surface area contributed by atoms with E-state index in [1.807, 2.05) is 30.3 Å². The minimum absolute atomic E-state index is 0.100. The van der Waals surface area contributed by atoms with Crippen LogP contribution in [0, 0.1) is 0 Å². The molecule has 2 aromatic heterocycles. The largest absolute Gasteiger partial charge is 0.394 e. The van der Waals surface area contributed by atoms with Crippen molar-refractivity contribution in [3.8, 4) is 0 Å². The summed E-state index contributed by atoms with van der Waals surface area (Å²) >= 11 is 12.4. The lowest BCUT2D eigenvalue weighted by atomic mass is 10.0. The number of hydrogen-bond donors (Lipinski definition) is 5. The smallest absolute Gasteiger partial charge is 0.183 e. The molecule has 2 aromatic carbocycles. The van der Waals surface area contributed by atoms with Crippen molar-refractivity contribution in [2.45, 2.75) is 30.8 Å². The number of hydrogen-bond acceptors (Lipinski definition) is 8. The Labute approximate surface area is 192 Å². The zero-order valence-corrected chi connectivity index (χ0v) is 18.1. The van der Waals surface area contributed by atoms with Gasteiger partial charge in [-0.25, -0.2) is 4.98 Å². The van der Waals surface area contributed by atoms with E-state index in [9.17, 15) is 20.4 Å². The summed E-state index contributed by atoms with van der Waals surface area (Å²) < 4.78 is 1.48. The van der Waals surface area contributed by atoms with Crippen molar-refractivity contribution in [1.29, 1.82) is 0 Å². The standard InChI is InChI=1S/C21H20Cl2N4O5/c22-11-7-13-15(8-12(11)23)27-20(14(24-13)6-10-4-2-1-3-5-10)25-26-21(27)19(32)18(31)17(30)16(29)9-28/h1-5,7-8,16-19,28-32H,6,9H2/t16-,17+,18+,19?/m1/s1. The van der Waals surface area contributed by atoms with E-state index in [0.717, 1.165) is 5.56 Å². The summed E-state index contributed by atoms with van der Waals surface area (Å²) in [6, 6.07) is 12.7. The van der Waals surface area contributed by atoms with Crippen LogP contribution in [0.5, 0.6) is 0 Å². The Morgan fingerprint density at radius 2 is 1.59 bits per heavy atom. The summed E-state index contributed by atoms with van der Waals surface area (Å²) in [5.74, 6) is -0.100. The maximum absolute atomic E-state index is 10.7. The molecule has 0 saturated carbocycles. The molecule has 2 heterocycles. The van der Waals surface area contributed by atoms with Gasteiger partial charge in [0.05, 0.1) is 33.4 Å². The van der Waals surface area contributed by atoms with Gasteiger partial charge in [-0.15, -0.1) is 10.2 Å². The topological polar surface area (TPSA) is 144 Å². The summed E-state index contributed by atoms with van der Waals surface area (Å²) in [6.07, 6.45) is -6.67. The number of nitrogens with zero attached hydrogens (tertiary/aromatic N) is 4. The van der Waals surface area contributed by atoms with E-state index in [1.165, 1.54) is 10.5 Å². The molecule has 168 valence electrons. The van der Waals surface area contributed by atoms with Gasteiger partial charge in [-0.1, -0.05) is 53.5 Å². The fourth-order valence-electron chi connectivity index (χ4n) is 3.49. The minimum Gasteiger partial charge on any atom is -0.394 e. The van der Waals surface area contributed by atoms with Crippen LogP contribution in [0.2, 0.25) is 10.0 Å². The Hall–Kier alpha value is -2.37. The normalized spacial score (nSPS) is 15.7. The van der Waals surface area contributed by atoms with Crippen molar-refractivity contribution in [3.63, 3.8) is 0 Å². The summed E-state index contributed by atoms with van der Waals surface area (Å²) in [5, 5.41) is 58.6. The first kappa shape index (κ1) is 22.8. The molecule has 32 heavy (non-hydrogen) atoms. The molecule has 4 aromatic rings. The molecule has 0 aliphatic carbocycles. The van der Waals surface area contributed by atoms with Crippen molar-refractivity contribution >= 4 is 39.9 Å². The molecule has 0 radical (unpaired) electrons. The number of fused-ring (bicyclic) bond motifs is 3. The van der Waals surface area contributed by atoms with Crippen molar-refractivity contribution in [1.82, 2.24) is 19.6 Å². The number of aromatic nitrogens is 4. The van der Waals surface area contributed by atoms with Crippen molar-refractivity contribution in [2.75, 3.05) is 6.61 Å². The highest BCUT2D eigenvalue weighted by molar-refractivity contribution is 6.42. The van der Waals surface area contributed by atoms with Crippen molar-refractivity contribution < 1.29 is 25.5 Å². The zero-order valence-electron chi connectivity index (χ0n) is 16.5. The first-order valence-corrected chi connectivity index (χ1v) is 10.5. The third kappa shape index (κ3) is 4.16. The van der Waals surface area contributed by atoms with E-state index >= 15 is 0 Å². The van der Waals surface area contributed by atoms with Crippen LogP contribution in [-0.4, -0.2) is 70.0 Å². The summed E-state index contributed by atoms with van der Waals surface area (Å²) in [5.41, 5.74) is 2.70. The van der Waals surface area contributed by atoms with Gasteiger partial charge < -0.3 is 25.5 Å². The molecule has 0 bridgehead atoms. The number of benzene rings is 2. The number of aliphatic hydroxyl groups excluding tert-OH is 5. The van der Waals surface area contributed by atoms with Gasteiger partial charge in [0.1, 0.15) is 24.4 Å². The third-order valence-corrected chi connectivity index (χ3v) is 5.92. The van der Waals surface area contributed by atoms with Gasteiger partial charge in [0.15, 0.2) is 11.5 Å². The summed E-state index contributed by atoms with van der Waals surface area (Å²) in [4.78, 5) is 4.66. The fourth-order valence-corrected chi connectivity index (χ4v) is 3.80. The molecule has 9 nitrogen and oxygen atoms in total. The van der Waals surface area contributed by atoms with Crippen LogP contribution in [-0.2, 0) is 6.42 Å². The second kappa shape index (κ2) is 9.24. The first-order valence-electron chi connectivity index (χ1n) is 9.71. The van der Waals surface area contributed by atoms with Gasteiger partial charge in [0.25, 0.3) is 0 Å². The van der Waals surface area contributed by atoms with Crippen LogP contribution >= 0.6 is 23.2 Å². The van der Waals surface area contributed by atoms with Gasteiger partial charge >= 0.3 is 0 Å². The van der Waals surface area contributed by atoms with Crippen LogP contribution < -0.4 is 0 Å². The lowest BCUT2D eigenvalue weighted by Gasteiger charge is -2.24. The van der Waals surface area contributed by atoms with Gasteiger partial charge in [-0.3, -0.25) is 4.40 Å². The summed E-state index contributed by atoms with van der Waals surface area (Å²) in [6.45, 7) is -0.798. The Balaban J connectivity index is 1.90. The van der Waals surface area contributed by atoms with Crippen LogP contribution in [0.1, 0.15) is 23.2 Å². The van der Waals surface area contributed by atoms with Crippen molar-refractivity contribution in [2.24, 2.45) is 0 Å². The second-order valence-corrected chi connectivity index (χ2v) is 8.18. The second-order valence-electron chi connectivity index (χ2n) is 7.37. The van der Waals surface area contributed by atoms with E-state index in [4.69, 9.17) is 28.3 Å². The van der Waals surface area contributed by atoms with Gasteiger partial charge in [0.2, 0.25) is 0 Å². The van der Waals surface area contributed by atoms with Gasteiger partial charge in [-0.2, -0.15) is 0 Å². The highest BCUT2D eigenvalue weighted by Gasteiger charge is 2.34. The molecule has 5 N–H and O–H groups in total. The Morgan fingerprint density at radius 1 is 0.906 bits per heavy atom. The van der Waals surface area contributed by atoms with E-state index < -0.39 is 31.0 Å². The van der Waals surface area contributed by atoms with Crippen LogP contribution in [0.3, 0.4) is 0 Å².